The first-order valence-electron chi connectivity index (χ1n) is 4.73. The van der Waals surface area contributed by atoms with Crippen LogP contribution in [-0.2, 0) is 9.59 Å². The molecule has 1 amide bonds. The molecule has 2 aliphatic rings. The fourth-order valence-electron chi connectivity index (χ4n) is 1.85. The first kappa shape index (κ1) is 10.5. The highest BCUT2D eigenvalue weighted by Crippen LogP contribution is 2.39. The van der Waals surface area contributed by atoms with Gasteiger partial charge in [0.25, 0.3) is 0 Å². The molecule has 0 aliphatic carbocycles. The van der Waals surface area contributed by atoms with Gasteiger partial charge < -0.3 is 10.8 Å². The van der Waals surface area contributed by atoms with E-state index >= 15 is 0 Å². The number of rotatable bonds is 2. The number of thioether (sulfide) groups is 1. The van der Waals surface area contributed by atoms with Gasteiger partial charge >= 0.3 is 5.97 Å². The van der Waals surface area contributed by atoms with Crippen LogP contribution >= 0.6 is 11.8 Å². The average Bonchev–Trinajstić information content (AvgIpc) is 2.25. The predicted octanol–water partition coefficient (Wildman–Crippen LogP) is -0.0225. The minimum absolute atomic E-state index is 0.146. The molecule has 2 rings (SSSR count). The van der Waals surface area contributed by atoms with Crippen molar-refractivity contribution >= 4 is 23.6 Å². The largest absolute Gasteiger partial charge is 0.477 e. The molecule has 2 atom stereocenters. The van der Waals surface area contributed by atoms with Crippen LogP contribution in [0.1, 0.15) is 13.3 Å². The molecular weight excluding hydrogens is 216 g/mol. The summed E-state index contributed by atoms with van der Waals surface area (Å²) in [6.45, 7) is 1.89. The number of β-lactam (4-membered cyclic amide) rings is 1. The lowest BCUT2D eigenvalue weighted by Gasteiger charge is -2.48. The van der Waals surface area contributed by atoms with E-state index in [0.29, 0.717) is 12.2 Å². The highest BCUT2D eigenvalue weighted by atomic mass is 32.2. The van der Waals surface area contributed by atoms with E-state index in [-0.39, 0.29) is 17.0 Å². The average molecular weight is 228 g/mol. The molecule has 0 aromatic rings. The maximum absolute atomic E-state index is 11.5. The molecule has 1 saturated heterocycles. The molecule has 0 aromatic carbocycles. The molecule has 2 heterocycles. The molecular formula is C9H12N2O3S. The van der Waals surface area contributed by atoms with Crippen molar-refractivity contribution in [3.63, 3.8) is 0 Å². The summed E-state index contributed by atoms with van der Waals surface area (Å²) in [4.78, 5) is 23.8. The summed E-state index contributed by atoms with van der Waals surface area (Å²) in [6, 6.07) is -0.539. The zero-order chi connectivity index (χ0) is 11.2. The van der Waals surface area contributed by atoms with Crippen LogP contribution in [0.15, 0.2) is 11.3 Å². The number of carbonyl (C=O) groups excluding carboxylic acids is 1. The van der Waals surface area contributed by atoms with Crippen LogP contribution in [0.25, 0.3) is 0 Å². The Balaban J connectivity index is 2.38. The predicted molar refractivity (Wildman–Crippen MR) is 56.0 cm³/mol. The standard InChI is InChI=1S/C9H12N2O3S/c1-2-4-3-15-8-5(10)7(12)11(8)6(4)9(13)14/h5,8H,2-3,10H2,1H3,(H,13,14)/t5-,8+/m1/s1. The Kier molecular flexibility index (Phi) is 2.47. The lowest BCUT2D eigenvalue weighted by atomic mass is 10.0. The normalized spacial score (nSPS) is 30.0. The van der Waals surface area contributed by atoms with Crippen LogP contribution in [0, 0.1) is 0 Å². The van der Waals surface area contributed by atoms with Crippen molar-refractivity contribution in [2.45, 2.75) is 24.8 Å². The number of carbonyl (C=O) groups is 2. The second-order valence-electron chi connectivity index (χ2n) is 3.55. The van der Waals surface area contributed by atoms with Gasteiger partial charge in [0.15, 0.2) is 0 Å². The Bertz CT molecular complexity index is 366. The first-order valence-corrected chi connectivity index (χ1v) is 5.78. The van der Waals surface area contributed by atoms with E-state index < -0.39 is 12.0 Å². The second kappa shape index (κ2) is 3.53. The van der Waals surface area contributed by atoms with Gasteiger partial charge in [0.05, 0.1) is 0 Å². The number of fused-ring (bicyclic) bond motifs is 1. The van der Waals surface area contributed by atoms with E-state index in [1.165, 1.54) is 16.7 Å². The van der Waals surface area contributed by atoms with Gasteiger partial charge in [0.2, 0.25) is 5.91 Å². The summed E-state index contributed by atoms with van der Waals surface area (Å²) in [7, 11) is 0. The Hall–Kier alpha value is -1.01. The summed E-state index contributed by atoms with van der Waals surface area (Å²) in [6.07, 6.45) is 0.653. The maximum atomic E-state index is 11.5. The quantitative estimate of drug-likeness (QED) is 0.649. The van der Waals surface area contributed by atoms with E-state index in [1.54, 1.807) is 0 Å². The SMILES string of the molecule is CCC1=C(C(=O)O)N2C(=O)[C@@H](N)[C@@H]2SC1. The number of hydrogen-bond donors (Lipinski definition) is 2. The van der Waals surface area contributed by atoms with Gasteiger partial charge in [-0.15, -0.1) is 11.8 Å². The number of carboxylic acid groups (broad SMARTS) is 1. The minimum Gasteiger partial charge on any atom is -0.477 e. The molecule has 0 aromatic heterocycles. The molecule has 3 N–H and O–H groups in total. The Morgan fingerprint density at radius 3 is 2.93 bits per heavy atom. The minimum atomic E-state index is -1.03. The number of hydrogen-bond acceptors (Lipinski definition) is 4. The van der Waals surface area contributed by atoms with Gasteiger partial charge in [-0.3, -0.25) is 9.69 Å². The smallest absolute Gasteiger partial charge is 0.352 e. The Morgan fingerprint density at radius 1 is 1.73 bits per heavy atom. The van der Waals surface area contributed by atoms with Gasteiger partial charge in [-0.2, -0.15) is 0 Å². The molecule has 2 aliphatic heterocycles. The number of nitrogens with zero attached hydrogens (tertiary/aromatic N) is 1. The van der Waals surface area contributed by atoms with E-state index in [9.17, 15) is 9.59 Å². The topological polar surface area (TPSA) is 83.6 Å². The second-order valence-corrected chi connectivity index (χ2v) is 4.65. The number of carboxylic acids is 1. The van der Waals surface area contributed by atoms with Gasteiger partial charge in [-0.05, 0) is 12.0 Å². The monoisotopic (exact) mass is 228 g/mol. The van der Waals surface area contributed by atoms with Gasteiger partial charge in [-0.1, -0.05) is 6.92 Å². The van der Waals surface area contributed by atoms with Crippen molar-refractivity contribution in [1.82, 2.24) is 4.90 Å². The zero-order valence-electron chi connectivity index (χ0n) is 8.27. The van der Waals surface area contributed by atoms with Crippen molar-refractivity contribution in [1.29, 1.82) is 0 Å². The highest BCUT2D eigenvalue weighted by molar-refractivity contribution is 8.00. The molecule has 0 spiro atoms. The van der Waals surface area contributed by atoms with Crippen molar-refractivity contribution < 1.29 is 14.7 Å². The molecule has 15 heavy (non-hydrogen) atoms. The Morgan fingerprint density at radius 2 is 2.40 bits per heavy atom. The molecule has 0 saturated carbocycles. The summed E-state index contributed by atoms with van der Waals surface area (Å²) in [5.41, 5.74) is 6.55. The lowest BCUT2D eigenvalue weighted by Crippen LogP contribution is -2.68. The van der Waals surface area contributed by atoms with Crippen LogP contribution < -0.4 is 5.73 Å². The van der Waals surface area contributed by atoms with E-state index in [2.05, 4.69) is 0 Å². The highest BCUT2D eigenvalue weighted by Gasteiger charge is 2.51. The van der Waals surface area contributed by atoms with E-state index in [1.807, 2.05) is 6.92 Å². The summed E-state index contributed by atoms with van der Waals surface area (Å²) in [5.74, 6) is -0.659. The van der Waals surface area contributed by atoms with Crippen LogP contribution in [0.4, 0.5) is 0 Å². The third-order valence-electron chi connectivity index (χ3n) is 2.72. The maximum Gasteiger partial charge on any atom is 0.352 e. The van der Waals surface area contributed by atoms with Gasteiger partial charge in [0.1, 0.15) is 17.1 Å². The molecule has 82 valence electrons. The van der Waals surface area contributed by atoms with Gasteiger partial charge in [0, 0.05) is 5.75 Å². The zero-order valence-corrected chi connectivity index (χ0v) is 9.08. The van der Waals surface area contributed by atoms with Crippen LogP contribution in [0.5, 0.6) is 0 Å². The molecule has 0 unspecified atom stereocenters. The van der Waals surface area contributed by atoms with Crippen molar-refractivity contribution in [3.8, 4) is 0 Å². The summed E-state index contributed by atoms with van der Waals surface area (Å²) in [5, 5.41) is 8.88. The summed E-state index contributed by atoms with van der Waals surface area (Å²) >= 11 is 1.54. The molecule has 0 radical (unpaired) electrons. The van der Waals surface area contributed by atoms with Crippen molar-refractivity contribution in [3.05, 3.63) is 11.3 Å². The Labute approximate surface area is 91.3 Å². The van der Waals surface area contributed by atoms with E-state index in [0.717, 1.165) is 5.57 Å². The van der Waals surface area contributed by atoms with Crippen LogP contribution in [-0.4, -0.2) is 39.1 Å². The molecule has 0 bridgehead atoms. The molecule has 6 heteroatoms. The number of nitrogens with two attached hydrogens (primary N) is 1. The fraction of sp³-hybridized carbons (Fsp3) is 0.556. The summed E-state index contributed by atoms with van der Waals surface area (Å²) < 4.78 is 0. The molecule has 5 nitrogen and oxygen atoms in total. The fourth-order valence-corrected chi connectivity index (χ4v) is 3.25. The number of aliphatic carboxylic acids is 1. The van der Waals surface area contributed by atoms with E-state index in [4.69, 9.17) is 10.8 Å². The third-order valence-corrected chi connectivity index (χ3v) is 4.08. The number of amides is 1. The van der Waals surface area contributed by atoms with Crippen LogP contribution in [0.2, 0.25) is 0 Å². The third kappa shape index (κ3) is 1.36. The van der Waals surface area contributed by atoms with Crippen molar-refractivity contribution in [2.24, 2.45) is 5.73 Å². The molecule has 1 fully saturated rings. The lowest BCUT2D eigenvalue weighted by molar-refractivity contribution is -0.148. The van der Waals surface area contributed by atoms with Gasteiger partial charge in [-0.25, -0.2) is 4.79 Å². The van der Waals surface area contributed by atoms with Crippen LogP contribution in [0.3, 0.4) is 0 Å². The van der Waals surface area contributed by atoms with Crippen molar-refractivity contribution in [2.75, 3.05) is 5.75 Å². The first-order chi connectivity index (χ1) is 7.07.